The quantitative estimate of drug-likeness (QED) is 0.408. The SMILES string of the molecule is CC1(NC(=O)Nc2ccc(C(=O)N3CCN(Cc4ccc(C(O)(C(F)(F)F)C(F)(F)F)cc4)CC3)cc2F)CCS(=O)(=O)C1. The van der Waals surface area contributed by atoms with Crippen molar-refractivity contribution in [2.75, 3.05) is 43.0 Å². The summed E-state index contributed by atoms with van der Waals surface area (Å²) in [6.07, 6.45) is -11.7. The summed E-state index contributed by atoms with van der Waals surface area (Å²) >= 11 is 0. The van der Waals surface area contributed by atoms with Crippen molar-refractivity contribution >= 4 is 27.5 Å². The third kappa shape index (κ3) is 7.10. The van der Waals surface area contributed by atoms with Crippen molar-refractivity contribution in [2.45, 2.75) is 43.4 Å². The lowest BCUT2D eigenvalue weighted by molar-refractivity contribution is -0.376. The first-order chi connectivity index (χ1) is 20.2. The Hall–Kier alpha value is -3.44. The molecule has 0 spiro atoms. The average Bonchev–Trinajstić information content (AvgIpc) is 3.20. The van der Waals surface area contributed by atoms with Crippen molar-refractivity contribution in [1.29, 1.82) is 0 Å². The number of hydrogen-bond donors (Lipinski definition) is 3. The second-order valence-corrected chi connectivity index (χ2v) is 13.3. The van der Waals surface area contributed by atoms with E-state index < -0.39 is 56.6 Å². The standard InChI is InChI=1S/C27H29F7N4O5S/c1-24(8-13-44(42,43)16-24)36-23(40)35-21-7-4-18(14-20(21)28)22(39)38-11-9-37(10-12-38)15-17-2-5-19(6-3-17)25(41,26(29,30)31)27(32,33)34/h2-7,14,41H,8-13,15-16H2,1H3,(H2,35,36,40). The number of alkyl halides is 6. The number of carbonyl (C=O) groups excluding carboxylic acids is 2. The van der Waals surface area contributed by atoms with Gasteiger partial charge in [-0.1, -0.05) is 24.3 Å². The van der Waals surface area contributed by atoms with Crippen molar-refractivity contribution in [2.24, 2.45) is 0 Å². The molecule has 2 aromatic carbocycles. The molecule has 0 saturated carbocycles. The molecule has 2 saturated heterocycles. The van der Waals surface area contributed by atoms with Gasteiger partial charge >= 0.3 is 18.4 Å². The summed E-state index contributed by atoms with van der Waals surface area (Å²) in [7, 11) is -3.28. The lowest BCUT2D eigenvalue weighted by Gasteiger charge is -2.35. The molecule has 17 heteroatoms. The number of halogens is 7. The van der Waals surface area contributed by atoms with Gasteiger partial charge in [-0.25, -0.2) is 17.6 Å². The van der Waals surface area contributed by atoms with E-state index in [4.69, 9.17) is 0 Å². The van der Waals surface area contributed by atoms with Crippen LogP contribution >= 0.6 is 0 Å². The van der Waals surface area contributed by atoms with Crippen LogP contribution in [0.4, 0.5) is 41.2 Å². The van der Waals surface area contributed by atoms with Crippen molar-refractivity contribution in [1.82, 2.24) is 15.1 Å². The van der Waals surface area contributed by atoms with E-state index in [9.17, 15) is 53.8 Å². The number of benzene rings is 2. The first-order valence-electron chi connectivity index (χ1n) is 13.3. The van der Waals surface area contributed by atoms with Gasteiger partial charge in [0.05, 0.1) is 22.7 Å². The molecule has 0 aliphatic carbocycles. The predicted octanol–water partition coefficient (Wildman–Crippen LogP) is 3.79. The minimum absolute atomic E-state index is 0.00756. The maximum absolute atomic E-state index is 14.7. The predicted molar refractivity (Wildman–Crippen MR) is 144 cm³/mol. The molecule has 1 atom stereocenters. The Balaban J connectivity index is 1.31. The number of piperazine rings is 1. The maximum atomic E-state index is 14.7. The first-order valence-corrected chi connectivity index (χ1v) is 15.1. The van der Waals surface area contributed by atoms with Crippen molar-refractivity contribution in [3.05, 3.63) is 65.0 Å². The molecule has 3 N–H and O–H groups in total. The normalized spacial score (nSPS) is 21.2. The molecular weight excluding hydrogens is 625 g/mol. The summed E-state index contributed by atoms with van der Waals surface area (Å²) in [4.78, 5) is 28.6. The number of nitrogens with zero attached hydrogens (tertiary/aromatic N) is 2. The number of hydrogen-bond acceptors (Lipinski definition) is 6. The molecule has 3 amide bonds. The lowest BCUT2D eigenvalue weighted by atomic mass is 9.91. The molecule has 242 valence electrons. The van der Waals surface area contributed by atoms with Crippen LogP contribution in [-0.4, -0.2) is 90.8 Å². The van der Waals surface area contributed by atoms with Crippen LogP contribution < -0.4 is 10.6 Å². The third-order valence-corrected chi connectivity index (χ3v) is 9.54. The van der Waals surface area contributed by atoms with Crippen molar-refractivity contribution in [3.63, 3.8) is 0 Å². The fourth-order valence-corrected chi connectivity index (χ4v) is 7.27. The van der Waals surface area contributed by atoms with Crippen LogP contribution in [0.15, 0.2) is 42.5 Å². The second kappa shape index (κ2) is 11.8. The minimum atomic E-state index is -5.98. The summed E-state index contributed by atoms with van der Waals surface area (Å²) in [6, 6.07) is 5.95. The van der Waals surface area contributed by atoms with Gasteiger partial charge in [-0.2, -0.15) is 26.3 Å². The van der Waals surface area contributed by atoms with Crippen LogP contribution in [-0.2, 0) is 22.0 Å². The molecule has 0 aromatic heterocycles. The Kier molecular flexibility index (Phi) is 8.98. The van der Waals surface area contributed by atoms with Crippen molar-refractivity contribution < 1.29 is 53.8 Å². The molecule has 44 heavy (non-hydrogen) atoms. The van der Waals surface area contributed by atoms with Gasteiger partial charge in [-0.3, -0.25) is 9.69 Å². The van der Waals surface area contributed by atoms with E-state index in [0.29, 0.717) is 30.8 Å². The zero-order chi connectivity index (χ0) is 32.7. The zero-order valence-electron chi connectivity index (χ0n) is 23.2. The van der Waals surface area contributed by atoms with Gasteiger partial charge in [-0.15, -0.1) is 0 Å². The van der Waals surface area contributed by atoms with Crippen LogP contribution in [0.25, 0.3) is 0 Å². The molecular formula is C27H29F7N4O5S. The molecule has 2 aliphatic rings. The molecule has 2 aromatic rings. The monoisotopic (exact) mass is 654 g/mol. The molecule has 0 bridgehead atoms. The fourth-order valence-electron chi connectivity index (χ4n) is 5.18. The summed E-state index contributed by atoms with van der Waals surface area (Å²) < 4.78 is 117. The lowest BCUT2D eigenvalue weighted by Crippen LogP contribution is -2.53. The maximum Gasteiger partial charge on any atom is 0.430 e. The van der Waals surface area contributed by atoms with E-state index >= 15 is 0 Å². The van der Waals surface area contributed by atoms with E-state index in [1.54, 1.807) is 6.92 Å². The van der Waals surface area contributed by atoms with E-state index in [2.05, 4.69) is 10.6 Å². The van der Waals surface area contributed by atoms with E-state index in [1.165, 1.54) is 17.0 Å². The third-order valence-electron chi connectivity index (χ3n) is 7.64. The molecule has 9 nitrogen and oxygen atoms in total. The van der Waals surface area contributed by atoms with Crippen LogP contribution in [0.2, 0.25) is 0 Å². The number of nitrogens with one attached hydrogen (secondary N) is 2. The van der Waals surface area contributed by atoms with Gasteiger partial charge in [-0.05, 0) is 37.1 Å². The fraction of sp³-hybridized carbons (Fsp3) is 0.481. The number of aliphatic hydroxyl groups is 1. The highest BCUT2D eigenvalue weighted by molar-refractivity contribution is 7.91. The van der Waals surface area contributed by atoms with Crippen LogP contribution in [0, 0.1) is 5.82 Å². The Morgan fingerprint density at radius 1 is 0.955 bits per heavy atom. The largest absolute Gasteiger partial charge is 0.430 e. The van der Waals surface area contributed by atoms with E-state index in [1.807, 2.05) is 4.90 Å². The van der Waals surface area contributed by atoms with Crippen molar-refractivity contribution in [3.8, 4) is 0 Å². The van der Waals surface area contributed by atoms with Crippen LogP contribution in [0.1, 0.15) is 34.8 Å². The minimum Gasteiger partial charge on any atom is -0.369 e. The number of anilines is 1. The highest BCUT2D eigenvalue weighted by atomic mass is 32.2. The summed E-state index contributed by atoms with van der Waals surface area (Å²) in [5.41, 5.74) is -7.19. The van der Waals surface area contributed by atoms with E-state index in [0.717, 1.165) is 18.2 Å². The molecule has 0 radical (unpaired) electrons. The highest BCUT2D eigenvalue weighted by Gasteiger charge is 2.71. The molecule has 2 fully saturated rings. The molecule has 1 unspecified atom stereocenters. The Labute approximate surface area is 247 Å². The Bertz CT molecular complexity index is 1490. The first kappa shape index (κ1) is 33.5. The average molecular weight is 655 g/mol. The Morgan fingerprint density at radius 3 is 2.05 bits per heavy atom. The van der Waals surface area contributed by atoms with Gasteiger partial charge in [0.2, 0.25) is 0 Å². The summed E-state index contributed by atoms with van der Waals surface area (Å²) in [6.45, 7) is 2.73. The Morgan fingerprint density at radius 2 is 1.55 bits per heavy atom. The topological polar surface area (TPSA) is 119 Å². The molecule has 4 rings (SSSR count). The van der Waals surface area contributed by atoms with Crippen LogP contribution in [0.5, 0.6) is 0 Å². The number of carbonyl (C=O) groups is 2. The van der Waals surface area contributed by atoms with Gasteiger partial charge in [0.1, 0.15) is 5.82 Å². The van der Waals surface area contributed by atoms with Crippen LogP contribution in [0.3, 0.4) is 0 Å². The van der Waals surface area contributed by atoms with Gasteiger partial charge in [0.25, 0.3) is 11.5 Å². The molecule has 2 aliphatic heterocycles. The zero-order valence-corrected chi connectivity index (χ0v) is 24.0. The van der Waals surface area contributed by atoms with Gasteiger partial charge in [0.15, 0.2) is 9.84 Å². The summed E-state index contributed by atoms with van der Waals surface area (Å²) in [5.74, 6) is -1.69. The number of rotatable bonds is 6. The highest BCUT2D eigenvalue weighted by Crippen LogP contribution is 2.50. The number of amides is 3. The smallest absolute Gasteiger partial charge is 0.369 e. The van der Waals surface area contributed by atoms with Gasteiger partial charge < -0.3 is 20.6 Å². The van der Waals surface area contributed by atoms with E-state index in [-0.39, 0.29) is 48.8 Å². The second-order valence-electron chi connectivity index (χ2n) is 11.1. The molecule has 2 heterocycles. The summed E-state index contributed by atoms with van der Waals surface area (Å²) in [5, 5.41) is 14.4. The number of urea groups is 1. The van der Waals surface area contributed by atoms with Gasteiger partial charge in [0, 0.05) is 43.9 Å². The number of sulfone groups is 1.